The van der Waals surface area contributed by atoms with Crippen LogP contribution in [0.25, 0.3) is 0 Å². The van der Waals surface area contributed by atoms with Gasteiger partial charge >= 0.3 is 0 Å². The molecule has 0 spiro atoms. The van der Waals surface area contributed by atoms with E-state index in [1.54, 1.807) is 0 Å². The summed E-state index contributed by atoms with van der Waals surface area (Å²) in [6.45, 7) is 7.66. The summed E-state index contributed by atoms with van der Waals surface area (Å²) >= 11 is 0. The Balaban J connectivity index is 1.68. The Morgan fingerprint density at radius 1 is 1.16 bits per heavy atom. The van der Waals surface area contributed by atoms with Crippen molar-refractivity contribution < 1.29 is 14.4 Å². The van der Waals surface area contributed by atoms with E-state index in [0.29, 0.717) is 31.0 Å². The number of amides is 2. The van der Waals surface area contributed by atoms with Gasteiger partial charge in [0.2, 0.25) is 11.8 Å². The van der Waals surface area contributed by atoms with E-state index in [-0.39, 0.29) is 29.7 Å². The number of carbonyl (C=O) groups is 3. The Labute approximate surface area is 151 Å². The highest BCUT2D eigenvalue weighted by Crippen LogP contribution is 2.31. The molecule has 1 N–H and O–H groups in total. The number of Topliss-reactive ketones (excluding diaryl/α,β-unsaturated/α-hetero) is 1. The van der Waals surface area contributed by atoms with Crippen LogP contribution >= 0.6 is 0 Å². The van der Waals surface area contributed by atoms with Gasteiger partial charge in [-0.25, -0.2) is 0 Å². The lowest BCUT2D eigenvalue weighted by atomic mass is 9.92. The molecular weight excluding hydrogens is 316 g/mol. The second-order valence-corrected chi connectivity index (χ2v) is 8.01. The van der Waals surface area contributed by atoms with Gasteiger partial charge in [0.25, 0.3) is 0 Å². The fourth-order valence-electron chi connectivity index (χ4n) is 3.74. The average Bonchev–Trinajstić information content (AvgIpc) is 3.41. The van der Waals surface area contributed by atoms with E-state index >= 15 is 0 Å². The Kier molecular flexibility index (Phi) is 7.45. The number of carbonyl (C=O) groups excluding carboxylic acids is 3. The molecule has 25 heavy (non-hydrogen) atoms. The van der Waals surface area contributed by atoms with Crippen LogP contribution in [0.3, 0.4) is 0 Å². The summed E-state index contributed by atoms with van der Waals surface area (Å²) in [6.07, 6.45) is 6.47. The van der Waals surface area contributed by atoms with Gasteiger partial charge in [0.15, 0.2) is 0 Å². The molecule has 1 saturated heterocycles. The fourth-order valence-corrected chi connectivity index (χ4v) is 3.74. The standard InChI is InChI=1S/C20H34N2O3/c1-4-6-14(2)20(25)22-12-11-17(15(3)13-22)21-19(24)8-5-7-18(23)16-9-10-16/h14-17H,4-13H2,1-3H3,(H,21,24). The Morgan fingerprint density at radius 3 is 2.48 bits per heavy atom. The highest BCUT2D eigenvalue weighted by atomic mass is 16.2. The maximum absolute atomic E-state index is 12.4. The van der Waals surface area contributed by atoms with Crippen molar-refractivity contribution in [1.29, 1.82) is 0 Å². The van der Waals surface area contributed by atoms with Crippen molar-refractivity contribution >= 4 is 17.6 Å². The number of ketones is 1. The van der Waals surface area contributed by atoms with Crippen molar-refractivity contribution in [3.63, 3.8) is 0 Å². The smallest absolute Gasteiger partial charge is 0.225 e. The first-order valence-electron chi connectivity index (χ1n) is 10.0. The first-order valence-corrected chi connectivity index (χ1v) is 10.0. The van der Waals surface area contributed by atoms with Gasteiger partial charge in [-0.05, 0) is 38.0 Å². The van der Waals surface area contributed by atoms with Gasteiger partial charge in [0, 0.05) is 43.8 Å². The highest BCUT2D eigenvalue weighted by Gasteiger charge is 2.31. The number of hydrogen-bond donors (Lipinski definition) is 1. The van der Waals surface area contributed by atoms with Crippen LogP contribution in [0, 0.1) is 17.8 Å². The Bertz CT molecular complexity index is 487. The molecule has 3 atom stereocenters. The second-order valence-electron chi connectivity index (χ2n) is 8.01. The molecule has 0 aromatic heterocycles. The summed E-state index contributed by atoms with van der Waals surface area (Å²) in [6, 6.07) is 0.136. The van der Waals surface area contributed by atoms with E-state index in [1.165, 1.54) is 0 Å². The molecule has 3 unspecified atom stereocenters. The highest BCUT2D eigenvalue weighted by molar-refractivity contribution is 5.84. The predicted octanol–water partition coefficient (Wildman–Crippen LogP) is 2.93. The van der Waals surface area contributed by atoms with Crippen LogP contribution < -0.4 is 5.32 Å². The molecule has 2 fully saturated rings. The summed E-state index contributed by atoms with van der Waals surface area (Å²) in [7, 11) is 0. The summed E-state index contributed by atoms with van der Waals surface area (Å²) < 4.78 is 0. The molecular formula is C20H34N2O3. The molecule has 0 aromatic rings. The molecule has 0 radical (unpaired) electrons. The monoisotopic (exact) mass is 350 g/mol. The minimum Gasteiger partial charge on any atom is -0.353 e. The minimum absolute atomic E-state index is 0.0413. The predicted molar refractivity (Wildman–Crippen MR) is 97.9 cm³/mol. The zero-order valence-electron chi connectivity index (χ0n) is 16.1. The third kappa shape index (κ3) is 6.12. The van der Waals surface area contributed by atoms with E-state index in [1.807, 2.05) is 11.8 Å². The van der Waals surface area contributed by atoms with Crippen LogP contribution in [0.2, 0.25) is 0 Å². The Hall–Kier alpha value is -1.39. The Morgan fingerprint density at radius 2 is 1.88 bits per heavy atom. The fraction of sp³-hybridized carbons (Fsp3) is 0.850. The van der Waals surface area contributed by atoms with Crippen molar-refractivity contribution in [2.45, 2.75) is 78.2 Å². The number of piperidine rings is 1. The topological polar surface area (TPSA) is 66.5 Å². The minimum atomic E-state index is 0.0413. The van der Waals surface area contributed by atoms with E-state index in [0.717, 1.165) is 45.2 Å². The second kappa shape index (κ2) is 9.35. The summed E-state index contributed by atoms with van der Waals surface area (Å²) in [5, 5.41) is 3.11. The quantitative estimate of drug-likeness (QED) is 0.695. The van der Waals surface area contributed by atoms with Gasteiger partial charge in [-0.3, -0.25) is 14.4 Å². The van der Waals surface area contributed by atoms with Crippen molar-refractivity contribution in [3.05, 3.63) is 0 Å². The molecule has 0 aromatic carbocycles. The molecule has 1 aliphatic carbocycles. The van der Waals surface area contributed by atoms with Crippen molar-refractivity contribution in [1.82, 2.24) is 10.2 Å². The molecule has 2 rings (SSSR count). The van der Waals surface area contributed by atoms with Gasteiger partial charge in [-0.15, -0.1) is 0 Å². The van der Waals surface area contributed by atoms with Crippen LogP contribution in [0.4, 0.5) is 0 Å². The number of hydrogen-bond acceptors (Lipinski definition) is 3. The maximum Gasteiger partial charge on any atom is 0.225 e. The number of rotatable bonds is 9. The molecule has 5 heteroatoms. The third-order valence-corrected chi connectivity index (χ3v) is 5.57. The van der Waals surface area contributed by atoms with Crippen LogP contribution in [-0.2, 0) is 14.4 Å². The zero-order valence-corrected chi connectivity index (χ0v) is 16.1. The molecule has 1 heterocycles. The summed E-state index contributed by atoms with van der Waals surface area (Å²) in [5.41, 5.74) is 0. The van der Waals surface area contributed by atoms with E-state index < -0.39 is 0 Å². The van der Waals surface area contributed by atoms with Crippen LogP contribution in [-0.4, -0.2) is 41.6 Å². The van der Waals surface area contributed by atoms with E-state index in [4.69, 9.17) is 0 Å². The number of nitrogens with zero attached hydrogens (tertiary/aromatic N) is 1. The van der Waals surface area contributed by atoms with Crippen LogP contribution in [0.15, 0.2) is 0 Å². The first-order chi connectivity index (χ1) is 11.9. The number of nitrogens with one attached hydrogen (secondary N) is 1. The third-order valence-electron chi connectivity index (χ3n) is 5.57. The lowest BCUT2D eigenvalue weighted by Gasteiger charge is -2.38. The van der Waals surface area contributed by atoms with Gasteiger partial charge in [0.05, 0.1) is 0 Å². The van der Waals surface area contributed by atoms with Gasteiger partial charge < -0.3 is 10.2 Å². The van der Waals surface area contributed by atoms with Crippen LogP contribution in [0.1, 0.15) is 72.1 Å². The van der Waals surface area contributed by atoms with E-state index in [2.05, 4.69) is 19.2 Å². The molecule has 2 amide bonds. The van der Waals surface area contributed by atoms with Crippen molar-refractivity contribution in [2.24, 2.45) is 17.8 Å². The molecule has 1 aliphatic heterocycles. The SMILES string of the molecule is CCCC(C)C(=O)N1CCC(NC(=O)CCCC(=O)C2CC2)C(C)C1. The van der Waals surface area contributed by atoms with Gasteiger partial charge in [-0.2, -0.15) is 0 Å². The first kappa shape index (κ1) is 19.9. The molecule has 5 nitrogen and oxygen atoms in total. The number of likely N-dealkylation sites (tertiary alicyclic amines) is 1. The average molecular weight is 351 g/mol. The maximum atomic E-state index is 12.4. The lowest BCUT2D eigenvalue weighted by molar-refractivity contribution is -0.137. The normalized spacial score (nSPS) is 24.7. The molecule has 142 valence electrons. The van der Waals surface area contributed by atoms with Gasteiger partial charge in [-0.1, -0.05) is 27.2 Å². The van der Waals surface area contributed by atoms with E-state index in [9.17, 15) is 14.4 Å². The molecule has 0 bridgehead atoms. The zero-order chi connectivity index (χ0) is 18.4. The summed E-state index contributed by atoms with van der Waals surface area (Å²) in [4.78, 5) is 38.2. The largest absolute Gasteiger partial charge is 0.353 e. The summed E-state index contributed by atoms with van der Waals surface area (Å²) in [5.74, 6) is 1.27. The van der Waals surface area contributed by atoms with Crippen molar-refractivity contribution in [3.8, 4) is 0 Å². The van der Waals surface area contributed by atoms with Crippen LogP contribution in [0.5, 0.6) is 0 Å². The van der Waals surface area contributed by atoms with Crippen molar-refractivity contribution in [2.75, 3.05) is 13.1 Å². The molecule has 2 aliphatic rings. The lowest BCUT2D eigenvalue weighted by Crippen LogP contribution is -2.52. The molecule has 1 saturated carbocycles. The van der Waals surface area contributed by atoms with Gasteiger partial charge in [0.1, 0.15) is 5.78 Å².